The van der Waals surface area contributed by atoms with Gasteiger partial charge in [-0.3, -0.25) is 9.59 Å². The van der Waals surface area contributed by atoms with Crippen LogP contribution in [-0.2, 0) is 0 Å². The summed E-state index contributed by atoms with van der Waals surface area (Å²) in [5.74, 6) is 0.497. The van der Waals surface area contributed by atoms with E-state index in [1.54, 1.807) is 24.3 Å². The fourth-order valence-corrected chi connectivity index (χ4v) is 4.06. The molecule has 1 aromatic heterocycles. The number of benzene rings is 1. The summed E-state index contributed by atoms with van der Waals surface area (Å²) in [6.07, 6.45) is 4.88. The van der Waals surface area contributed by atoms with Crippen molar-refractivity contribution in [1.29, 1.82) is 0 Å². The predicted octanol–water partition coefficient (Wildman–Crippen LogP) is 3.60. The zero-order valence-electron chi connectivity index (χ0n) is 11.4. The molecule has 0 spiro atoms. The summed E-state index contributed by atoms with van der Waals surface area (Å²) >= 11 is 1.42. The zero-order chi connectivity index (χ0) is 14.4. The third-order valence-electron chi connectivity index (χ3n) is 4.30. The van der Waals surface area contributed by atoms with E-state index in [1.807, 2.05) is 6.07 Å². The van der Waals surface area contributed by atoms with Crippen molar-refractivity contribution in [1.82, 2.24) is 4.37 Å². The Bertz CT molecular complexity index is 696. The highest BCUT2D eigenvalue weighted by Gasteiger charge is 2.38. The van der Waals surface area contributed by atoms with Crippen molar-refractivity contribution >= 4 is 29.2 Å². The molecule has 106 valence electrons. The Morgan fingerprint density at radius 3 is 2.29 bits per heavy atom. The fraction of sp³-hybridized carbons (Fsp3) is 0.312. The van der Waals surface area contributed by atoms with Crippen LogP contribution in [0.15, 0.2) is 30.3 Å². The molecule has 2 amide bonds. The number of rotatable bonds is 2. The molecular weight excluding hydrogens is 284 g/mol. The molecule has 0 atom stereocenters. The first-order valence-corrected chi connectivity index (χ1v) is 7.97. The summed E-state index contributed by atoms with van der Waals surface area (Å²) in [4.78, 5) is 27.2. The van der Waals surface area contributed by atoms with E-state index in [4.69, 9.17) is 0 Å². The first-order chi connectivity index (χ1) is 10.3. The van der Waals surface area contributed by atoms with Gasteiger partial charge < -0.3 is 0 Å². The largest absolute Gasteiger partial charge is 0.268 e. The van der Waals surface area contributed by atoms with Crippen LogP contribution in [0.25, 0.3) is 0 Å². The average Bonchev–Trinajstić information content (AvgIpc) is 3.21. The third-order valence-corrected chi connectivity index (χ3v) is 5.24. The lowest BCUT2D eigenvalue weighted by atomic mass is 10.1. The molecule has 0 unspecified atom stereocenters. The quantitative estimate of drug-likeness (QED) is 0.796. The second-order valence-electron chi connectivity index (χ2n) is 5.56. The van der Waals surface area contributed by atoms with E-state index < -0.39 is 0 Å². The Morgan fingerprint density at radius 1 is 1.05 bits per heavy atom. The average molecular weight is 298 g/mol. The topological polar surface area (TPSA) is 50.3 Å². The summed E-state index contributed by atoms with van der Waals surface area (Å²) in [7, 11) is 0. The number of anilines is 1. The second-order valence-corrected chi connectivity index (χ2v) is 6.40. The standard InChI is InChI=1S/C16H14N2O2S/c19-15-11-7-3-4-8-12(11)16(20)18(15)14-9-13(21-17-14)10-5-1-2-6-10/h3-4,7-10H,1-2,5-6H2. The van der Waals surface area contributed by atoms with Crippen molar-refractivity contribution < 1.29 is 9.59 Å². The number of fused-ring (bicyclic) bond motifs is 1. The molecule has 0 radical (unpaired) electrons. The number of amides is 2. The van der Waals surface area contributed by atoms with Crippen molar-refractivity contribution in [2.45, 2.75) is 31.6 Å². The molecule has 5 heteroatoms. The Hall–Kier alpha value is -2.01. The molecule has 21 heavy (non-hydrogen) atoms. The molecule has 1 fully saturated rings. The van der Waals surface area contributed by atoms with E-state index in [9.17, 15) is 9.59 Å². The van der Waals surface area contributed by atoms with Crippen LogP contribution in [0.2, 0.25) is 0 Å². The van der Waals surface area contributed by atoms with Crippen molar-refractivity contribution in [3.8, 4) is 0 Å². The van der Waals surface area contributed by atoms with E-state index in [1.165, 1.54) is 47.0 Å². The lowest BCUT2D eigenvalue weighted by molar-refractivity contribution is 0.0925. The number of hydrogen-bond donors (Lipinski definition) is 0. The van der Waals surface area contributed by atoms with E-state index in [-0.39, 0.29) is 11.8 Å². The summed E-state index contributed by atoms with van der Waals surface area (Å²) in [6.45, 7) is 0. The number of imide groups is 1. The van der Waals surface area contributed by atoms with Crippen molar-refractivity contribution in [2.24, 2.45) is 0 Å². The van der Waals surface area contributed by atoms with Crippen LogP contribution in [0.1, 0.15) is 57.2 Å². The van der Waals surface area contributed by atoms with Gasteiger partial charge in [-0.2, -0.15) is 4.37 Å². The maximum atomic E-state index is 12.4. The molecule has 1 aliphatic carbocycles. The summed E-state index contributed by atoms with van der Waals surface area (Å²) in [6, 6.07) is 8.86. The Balaban J connectivity index is 1.69. The third kappa shape index (κ3) is 1.92. The van der Waals surface area contributed by atoms with Gasteiger partial charge in [0.1, 0.15) is 0 Å². The maximum absolute atomic E-state index is 12.4. The minimum atomic E-state index is -0.265. The molecule has 0 N–H and O–H groups in total. The molecule has 1 saturated carbocycles. The zero-order valence-corrected chi connectivity index (χ0v) is 12.2. The molecule has 1 aliphatic heterocycles. The molecule has 4 rings (SSSR count). The first-order valence-electron chi connectivity index (χ1n) is 7.20. The maximum Gasteiger partial charge on any atom is 0.267 e. The molecule has 1 aromatic carbocycles. The van der Waals surface area contributed by atoms with Crippen LogP contribution in [0.5, 0.6) is 0 Å². The highest BCUT2D eigenvalue weighted by Crippen LogP contribution is 2.38. The normalized spacial score (nSPS) is 18.6. The van der Waals surface area contributed by atoms with Crippen LogP contribution in [0.4, 0.5) is 5.82 Å². The van der Waals surface area contributed by atoms with Gasteiger partial charge >= 0.3 is 0 Å². The molecule has 2 aliphatic rings. The van der Waals surface area contributed by atoms with Crippen molar-refractivity contribution in [3.63, 3.8) is 0 Å². The second kappa shape index (κ2) is 4.77. The number of carbonyl (C=O) groups is 2. The van der Waals surface area contributed by atoms with Gasteiger partial charge in [-0.25, -0.2) is 4.90 Å². The Labute approximate surface area is 126 Å². The van der Waals surface area contributed by atoms with Crippen LogP contribution in [0, 0.1) is 0 Å². The van der Waals surface area contributed by atoms with Crippen molar-refractivity contribution in [2.75, 3.05) is 4.90 Å². The SMILES string of the molecule is O=C1c2ccccc2C(=O)N1c1cc(C2CCCC2)sn1. The molecule has 2 aromatic rings. The van der Waals surface area contributed by atoms with Gasteiger partial charge in [-0.05, 0) is 48.5 Å². The summed E-state index contributed by atoms with van der Waals surface area (Å²) in [5, 5.41) is 0. The van der Waals surface area contributed by atoms with Gasteiger partial charge in [0.15, 0.2) is 5.82 Å². The fourth-order valence-electron chi connectivity index (χ4n) is 3.18. The van der Waals surface area contributed by atoms with Gasteiger partial charge in [-0.15, -0.1) is 0 Å². The van der Waals surface area contributed by atoms with E-state index in [2.05, 4.69) is 4.37 Å². The van der Waals surface area contributed by atoms with E-state index in [0.29, 0.717) is 22.9 Å². The molecule has 2 heterocycles. The van der Waals surface area contributed by atoms with Gasteiger partial charge in [0.2, 0.25) is 0 Å². The van der Waals surface area contributed by atoms with Crippen LogP contribution in [-0.4, -0.2) is 16.2 Å². The van der Waals surface area contributed by atoms with Gasteiger partial charge in [0.25, 0.3) is 11.8 Å². The minimum Gasteiger partial charge on any atom is -0.268 e. The Kier molecular flexibility index (Phi) is 2.89. The van der Waals surface area contributed by atoms with Gasteiger partial charge in [0.05, 0.1) is 11.1 Å². The monoisotopic (exact) mass is 298 g/mol. The van der Waals surface area contributed by atoms with Gasteiger partial charge in [0, 0.05) is 4.88 Å². The van der Waals surface area contributed by atoms with E-state index >= 15 is 0 Å². The number of nitrogens with zero attached hydrogens (tertiary/aromatic N) is 2. The number of aromatic nitrogens is 1. The summed E-state index contributed by atoms with van der Waals surface area (Å²) < 4.78 is 4.35. The number of hydrogen-bond acceptors (Lipinski definition) is 4. The highest BCUT2D eigenvalue weighted by molar-refractivity contribution is 7.06. The molecule has 0 bridgehead atoms. The number of carbonyl (C=O) groups excluding carboxylic acids is 2. The smallest absolute Gasteiger partial charge is 0.267 e. The lowest BCUT2D eigenvalue weighted by Gasteiger charge is -2.09. The molecule has 0 saturated heterocycles. The minimum absolute atomic E-state index is 0.265. The first kappa shape index (κ1) is 12.7. The molecular formula is C16H14N2O2S. The van der Waals surface area contributed by atoms with Crippen LogP contribution >= 0.6 is 11.5 Å². The highest BCUT2D eigenvalue weighted by atomic mass is 32.1. The van der Waals surface area contributed by atoms with Crippen LogP contribution < -0.4 is 4.90 Å². The lowest BCUT2D eigenvalue weighted by Crippen LogP contribution is -2.29. The van der Waals surface area contributed by atoms with Crippen molar-refractivity contribution in [3.05, 3.63) is 46.3 Å². The molecule has 4 nitrogen and oxygen atoms in total. The van der Waals surface area contributed by atoms with Gasteiger partial charge in [-0.1, -0.05) is 25.0 Å². The summed E-state index contributed by atoms with van der Waals surface area (Å²) in [5.41, 5.74) is 0.941. The Morgan fingerprint density at radius 2 is 1.67 bits per heavy atom. The predicted molar refractivity (Wildman–Crippen MR) is 80.9 cm³/mol. The van der Waals surface area contributed by atoms with E-state index in [0.717, 1.165) is 0 Å². The van der Waals surface area contributed by atoms with Crippen LogP contribution in [0.3, 0.4) is 0 Å².